The van der Waals surface area contributed by atoms with E-state index < -0.39 is 68.2 Å². The normalized spacial score (nSPS) is 16.7. The van der Waals surface area contributed by atoms with Crippen molar-refractivity contribution in [3.8, 4) is 5.75 Å². The van der Waals surface area contributed by atoms with Crippen LogP contribution in [-0.4, -0.2) is 23.2 Å². The molecule has 0 bridgehead atoms. The average Bonchev–Trinajstić information content (AvgIpc) is 2.63. The summed E-state index contributed by atoms with van der Waals surface area (Å²) in [4.78, 5) is 9.97. The number of amides is 1. The number of nitrogens with one attached hydrogen (secondary N) is 1. The van der Waals surface area contributed by atoms with Crippen LogP contribution in [-0.2, 0) is 17.1 Å². The number of carbonyl (C=O) groups is 1. The highest BCUT2D eigenvalue weighted by molar-refractivity contribution is 8.45. The van der Waals surface area contributed by atoms with Crippen molar-refractivity contribution < 1.29 is 60.4 Å². The minimum absolute atomic E-state index is 0.00697. The van der Waals surface area contributed by atoms with Gasteiger partial charge in [-0.25, -0.2) is 0 Å². The van der Waals surface area contributed by atoms with Gasteiger partial charge in [-0.15, -0.1) is 0 Å². The van der Waals surface area contributed by atoms with Crippen LogP contribution in [0.3, 0.4) is 0 Å². The maximum absolute atomic E-state index is 12.9. The van der Waals surface area contributed by atoms with Crippen molar-refractivity contribution in [1.29, 1.82) is 0 Å². The van der Waals surface area contributed by atoms with Gasteiger partial charge in [-0.05, 0) is 49.4 Å². The Morgan fingerprint density at radius 3 is 1.71 bits per heavy atom. The van der Waals surface area contributed by atoms with Crippen molar-refractivity contribution in [2.75, 3.05) is 11.9 Å². The molecule has 2 rings (SSSR count). The van der Waals surface area contributed by atoms with E-state index in [2.05, 4.69) is 0 Å². The minimum atomic E-state index is -9.95. The van der Waals surface area contributed by atoms with Crippen LogP contribution in [0.15, 0.2) is 47.4 Å². The van der Waals surface area contributed by atoms with E-state index in [1.54, 1.807) is 5.32 Å². The SMILES string of the molecule is CC(O)(COc1ccc(S(F)(F)(F)(F)F)cc1)C(=O)Nc1cc(C(F)(F)F)cc(C(F)(F)F)c1. The van der Waals surface area contributed by atoms with E-state index in [4.69, 9.17) is 4.74 Å². The van der Waals surface area contributed by atoms with Crippen molar-refractivity contribution >= 4 is 21.8 Å². The summed E-state index contributed by atoms with van der Waals surface area (Å²) in [5, 5.41) is 11.8. The first-order valence-corrected chi connectivity index (χ1v) is 10.6. The molecule has 0 heterocycles. The lowest BCUT2D eigenvalue weighted by Crippen LogP contribution is -2.45. The van der Waals surface area contributed by atoms with Crippen LogP contribution in [0.1, 0.15) is 18.1 Å². The molecule has 0 aliphatic rings. The topological polar surface area (TPSA) is 58.6 Å². The molecular formula is C18H14F11NO3S. The average molecular weight is 533 g/mol. The van der Waals surface area contributed by atoms with E-state index in [9.17, 15) is 55.7 Å². The van der Waals surface area contributed by atoms with Crippen LogP contribution in [0.4, 0.5) is 51.5 Å². The predicted octanol–water partition coefficient (Wildman–Crippen LogP) is 7.15. The quantitative estimate of drug-likeness (QED) is 0.388. The predicted molar refractivity (Wildman–Crippen MR) is 99.0 cm³/mol. The molecule has 1 amide bonds. The molecule has 34 heavy (non-hydrogen) atoms. The number of carbonyl (C=O) groups excluding carboxylic acids is 1. The van der Waals surface area contributed by atoms with Crippen molar-refractivity contribution in [3.63, 3.8) is 0 Å². The van der Waals surface area contributed by atoms with Gasteiger partial charge in [-0.3, -0.25) is 4.79 Å². The highest BCUT2D eigenvalue weighted by Crippen LogP contribution is 3.02. The second-order valence-electron chi connectivity index (χ2n) is 7.25. The smallest absolute Gasteiger partial charge is 0.416 e. The maximum atomic E-state index is 12.9. The van der Waals surface area contributed by atoms with E-state index >= 15 is 0 Å². The molecule has 1 atom stereocenters. The number of alkyl halides is 6. The number of hydrogen-bond acceptors (Lipinski definition) is 3. The Morgan fingerprint density at radius 2 is 1.32 bits per heavy atom. The molecule has 0 radical (unpaired) electrons. The Bertz CT molecular complexity index is 1040. The number of rotatable bonds is 6. The Kier molecular flexibility index (Phi) is 6.17. The fraction of sp³-hybridized carbons (Fsp3) is 0.278. The highest BCUT2D eigenvalue weighted by atomic mass is 32.5. The monoisotopic (exact) mass is 533 g/mol. The summed E-state index contributed by atoms with van der Waals surface area (Å²) >= 11 is 0. The lowest BCUT2D eigenvalue weighted by atomic mass is 10.1. The molecular weight excluding hydrogens is 519 g/mol. The van der Waals surface area contributed by atoms with Crippen molar-refractivity contribution in [1.82, 2.24) is 0 Å². The standard InChI is InChI=1S/C18H14F11NO3S/c1-16(32,9-33-13-2-4-14(5-3-13)34(25,26,27,28)29)15(31)30-12-7-10(17(19,20)21)6-11(8-12)18(22,23)24/h2-8,32H,9H2,1H3,(H,30,31). The zero-order valence-corrected chi connectivity index (χ0v) is 17.4. The largest absolute Gasteiger partial charge is 0.490 e. The number of ether oxygens (including phenoxy) is 1. The Balaban J connectivity index is 2.19. The van der Waals surface area contributed by atoms with Gasteiger partial charge in [0.2, 0.25) is 0 Å². The van der Waals surface area contributed by atoms with Gasteiger partial charge in [0.25, 0.3) is 5.91 Å². The number of hydrogen-bond donors (Lipinski definition) is 2. The van der Waals surface area contributed by atoms with Gasteiger partial charge >= 0.3 is 22.6 Å². The molecule has 0 aromatic heterocycles. The molecule has 2 aromatic carbocycles. The third-order valence-corrected chi connectivity index (χ3v) is 5.29. The summed E-state index contributed by atoms with van der Waals surface area (Å²) in [6.45, 7) is -0.316. The summed E-state index contributed by atoms with van der Waals surface area (Å²) in [6.07, 6.45) is -10.4. The first kappa shape index (κ1) is 27.5. The Morgan fingerprint density at radius 1 is 0.882 bits per heavy atom. The van der Waals surface area contributed by atoms with Gasteiger partial charge in [0, 0.05) is 5.69 Å². The maximum Gasteiger partial charge on any atom is 0.416 e. The zero-order valence-electron chi connectivity index (χ0n) is 16.6. The van der Waals surface area contributed by atoms with E-state index in [-0.39, 0.29) is 30.3 Å². The molecule has 0 aliphatic heterocycles. The van der Waals surface area contributed by atoms with Crippen molar-refractivity contribution in [3.05, 3.63) is 53.6 Å². The third kappa shape index (κ3) is 7.12. The molecule has 4 nitrogen and oxygen atoms in total. The lowest BCUT2D eigenvalue weighted by Gasteiger charge is -2.40. The van der Waals surface area contributed by atoms with Gasteiger partial charge in [-0.2, -0.15) is 26.3 Å². The molecule has 2 N–H and O–H groups in total. The van der Waals surface area contributed by atoms with Crippen LogP contribution >= 0.6 is 10.2 Å². The van der Waals surface area contributed by atoms with Crippen molar-refractivity contribution in [2.24, 2.45) is 0 Å². The van der Waals surface area contributed by atoms with Gasteiger partial charge in [0.1, 0.15) is 17.3 Å². The molecule has 2 aromatic rings. The van der Waals surface area contributed by atoms with E-state index in [0.717, 1.165) is 6.92 Å². The fourth-order valence-electron chi connectivity index (χ4n) is 2.38. The number of benzene rings is 2. The summed E-state index contributed by atoms with van der Waals surface area (Å²) in [5.74, 6) is -2.03. The molecule has 192 valence electrons. The number of halogens is 11. The van der Waals surface area contributed by atoms with Gasteiger partial charge < -0.3 is 15.2 Å². The molecule has 0 fully saturated rings. The molecule has 0 aliphatic carbocycles. The second-order valence-corrected chi connectivity index (χ2v) is 9.66. The van der Waals surface area contributed by atoms with Crippen LogP contribution in [0, 0.1) is 0 Å². The highest BCUT2D eigenvalue weighted by Gasteiger charge is 2.65. The van der Waals surface area contributed by atoms with Gasteiger partial charge in [-0.1, -0.05) is 19.4 Å². The zero-order chi connectivity index (χ0) is 26.4. The summed E-state index contributed by atoms with van der Waals surface area (Å²) in [6, 6.07) is 1.09. The van der Waals surface area contributed by atoms with Crippen LogP contribution < -0.4 is 10.1 Å². The van der Waals surface area contributed by atoms with Crippen LogP contribution in [0.5, 0.6) is 5.75 Å². The second kappa shape index (κ2) is 7.63. The molecule has 0 saturated heterocycles. The van der Waals surface area contributed by atoms with Gasteiger partial charge in [0.05, 0.1) is 11.1 Å². The van der Waals surface area contributed by atoms with Crippen molar-refractivity contribution in [2.45, 2.75) is 29.8 Å². The molecule has 16 heteroatoms. The summed E-state index contributed by atoms with van der Waals surface area (Å²) in [7, 11) is -9.95. The van der Waals surface area contributed by atoms with Crippen LogP contribution in [0.25, 0.3) is 0 Å². The fourth-order valence-corrected chi connectivity index (χ4v) is 3.03. The summed E-state index contributed by atoms with van der Waals surface area (Å²) in [5.41, 5.74) is -7.06. The van der Waals surface area contributed by atoms with E-state index in [1.807, 2.05) is 0 Å². The molecule has 1 unspecified atom stereocenters. The molecule has 0 saturated carbocycles. The lowest BCUT2D eigenvalue weighted by molar-refractivity contribution is -0.143. The first-order chi connectivity index (χ1) is 14.9. The number of anilines is 1. The van der Waals surface area contributed by atoms with E-state index in [0.29, 0.717) is 12.1 Å². The first-order valence-electron chi connectivity index (χ1n) is 8.69. The minimum Gasteiger partial charge on any atom is -0.490 e. The van der Waals surface area contributed by atoms with Gasteiger partial charge in [0.15, 0.2) is 5.60 Å². The Hall–Kier alpha value is -2.75. The van der Waals surface area contributed by atoms with Crippen LogP contribution in [0.2, 0.25) is 0 Å². The van der Waals surface area contributed by atoms with E-state index in [1.165, 1.54) is 0 Å². The third-order valence-electron chi connectivity index (χ3n) is 4.12. The number of aliphatic hydroxyl groups is 1. The summed E-state index contributed by atoms with van der Waals surface area (Å²) < 4.78 is 146. The molecule has 0 spiro atoms. The Labute approximate surface area is 184 Å².